The summed E-state index contributed by atoms with van der Waals surface area (Å²) in [6.07, 6.45) is -4.85. The summed E-state index contributed by atoms with van der Waals surface area (Å²) in [4.78, 5) is 17.9. The third kappa shape index (κ3) is 4.39. The van der Waals surface area contributed by atoms with E-state index in [0.717, 1.165) is 22.6 Å². The van der Waals surface area contributed by atoms with Crippen molar-refractivity contribution in [3.8, 4) is 0 Å². The second-order valence-electron chi connectivity index (χ2n) is 7.30. The van der Waals surface area contributed by atoms with Gasteiger partial charge in [-0.05, 0) is 56.5 Å². The molecule has 2 aromatic rings. The topological polar surface area (TPSA) is 85.4 Å². The van der Waals surface area contributed by atoms with Crippen molar-refractivity contribution in [2.75, 3.05) is 18.5 Å². The van der Waals surface area contributed by atoms with Gasteiger partial charge in [-0.1, -0.05) is 17.9 Å². The van der Waals surface area contributed by atoms with Crippen molar-refractivity contribution < 1.29 is 31.1 Å². The molecule has 1 aromatic heterocycles. The number of carbonyl (C=O) groups is 1. The van der Waals surface area contributed by atoms with Gasteiger partial charge in [0.1, 0.15) is 0 Å². The van der Waals surface area contributed by atoms with Gasteiger partial charge in [-0.3, -0.25) is 4.79 Å². The molecule has 1 aliphatic heterocycles. The Bertz CT molecular complexity index is 1100. The Morgan fingerprint density at radius 1 is 1.23 bits per heavy atom. The Morgan fingerprint density at radius 2 is 1.81 bits per heavy atom. The van der Waals surface area contributed by atoms with Crippen molar-refractivity contribution in [1.82, 2.24) is 4.98 Å². The standard InChI is InChI=1S/C20H21F3N2O4S2/c1-12(2)16-13(3)24-18(30-16)25-17(26)19(8-10-29-11-9-19)31(27,28)15-6-4-14(5-7-15)20(21,22)23/h4-7H,1,8-11H2,2-3H3,(H,24,25,26). The van der Waals surface area contributed by atoms with Crippen LogP contribution in [0.1, 0.15) is 35.9 Å². The van der Waals surface area contributed by atoms with Crippen molar-refractivity contribution in [2.45, 2.75) is 42.5 Å². The lowest BCUT2D eigenvalue weighted by Gasteiger charge is -2.34. The van der Waals surface area contributed by atoms with Gasteiger partial charge >= 0.3 is 6.18 Å². The molecule has 0 radical (unpaired) electrons. The molecular weight excluding hydrogens is 453 g/mol. The largest absolute Gasteiger partial charge is 0.416 e. The summed E-state index contributed by atoms with van der Waals surface area (Å²) in [5, 5.41) is 2.82. The van der Waals surface area contributed by atoms with Gasteiger partial charge in [0.05, 0.1) is 21.0 Å². The average molecular weight is 475 g/mol. The number of ether oxygens (including phenoxy) is 1. The molecule has 0 spiro atoms. The van der Waals surface area contributed by atoms with E-state index < -0.39 is 32.2 Å². The van der Waals surface area contributed by atoms with Crippen LogP contribution in [0.3, 0.4) is 0 Å². The first-order valence-corrected chi connectivity index (χ1v) is 11.6. The number of benzene rings is 1. The first-order chi connectivity index (χ1) is 14.4. The lowest BCUT2D eigenvalue weighted by atomic mass is 9.98. The zero-order chi connectivity index (χ0) is 23.0. The molecule has 31 heavy (non-hydrogen) atoms. The highest BCUT2D eigenvalue weighted by molar-refractivity contribution is 7.93. The van der Waals surface area contributed by atoms with Crippen molar-refractivity contribution >= 4 is 37.8 Å². The number of nitrogens with one attached hydrogen (secondary N) is 1. The maximum absolute atomic E-state index is 13.5. The van der Waals surface area contributed by atoms with Crippen LogP contribution in [-0.2, 0) is 25.5 Å². The van der Waals surface area contributed by atoms with Crippen LogP contribution < -0.4 is 5.32 Å². The van der Waals surface area contributed by atoms with Crippen molar-refractivity contribution in [1.29, 1.82) is 0 Å². The van der Waals surface area contributed by atoms with E-state index in [4.69, 9.17) is 4.74 Å². The Balaban J connectivity index is 1.98. The van der Waals surface area contributed by atoms with Crippen LogP contribution in [0.4, 0.5) is 18.3 Å². The first-order valence-electron chi connectivity index (χ1n) is 9.33. The van der Waals surface area contributed by atoms with Crippen LogP contribution in [0.15, 0.2) is 35.7 Å². The highest BCUT2D eigenvalue weighted by atomic mass is 32.2. The third-order valence-corrected chi connectivity index (χ3v) is 8.88. The van der Waals surface area contributed by atoms with Crippen molar-refractivity contribution in [2.24, 2.45) is 0 Å². The summed E-state index contributed by atoms with van der Waals surface area (Å²) in [6.45, 7) is 7.45. The summed E-state index contributed by atoms with van der Waals surface area (Å²) in [7, 11) is -4.32. The molecule has 0 unspecified atom stereocenters. The summed E-state index contributed by atoms with van der Waals surface area (Å²) < 4.78 is 68.9. The predicted octanol–water partition coefficient (Wildman–Crippen LogP) is 4.47. The lowest BCUT2D eigenvalue weighted by Crippen LogP contribution is -2.53. The number of aromatic nitrogens is 1. The van der Waals surface area contributed by atoms with E-state index in [-0.39, 0.29) is 36.1 Å². The normalized spacial score (nSPS) is 16.7. The number of aryl methyl sites for hydroxylation is 1. The van der Waals surface area contributed by atoms with Crippen molar-refractivity contribution in [3.05, 3.63) is 47.0 Å². The summed E-state index contributed by atoms with van der Waals surface area (Å²) in [5.41, 5.74) is 0.440. The fourth-order valence-corrected chi connectivity index (χ4v) is 6.26. The summed E-state index contributed by atoms with van der Waals surface area (Å²) >= 11 is 1.18. The number of alkyl halides is 3. The average Bonchev–Trinajstić information content (AvgIpc) is 3.08. The van der Waals surface area contributed by atoms with Crippen LogP contribution >= 0.6 is 11.3 Å². The Kier molecular flexibility index (Phi) is 6.32. The molecule has 0 bridgehead atoms. The Labute approximate surface area is 182 Å². The van der Waals surface area contributed by atoms with Crippen LogP contribution in [0.25, 0.3) is 5.57 Å². The molecule has 1 saturated heterocycles. The molecule has 1 aliphatic rings. The van der Waals surface area contributed by atoms with Gasteiger partial charge < -0.3 is 10.1 Å². The number of rotatable bonds is 5. The monoisotopic (exact) mass is 474 g/mol. The minimum absolute atomic E-state index is 0.0290. The zero-order valence-corrected chi connectivity index (χ0v) is 18.5. The van der Waals surface area contributed by atoms with E-state index in [0.29, 0.717) is 17.8 Å². The summed E-state index contributed by atoms with van der Waals surface area (Å²) in [5.74, 6) is -0.780. The fraction of sp³-hybridized carbons (Fsp3) is 0.400. The van der Waals surface area contributed by atoms with Crippen LogP contribution in [0.5, 0.6) is 0 Å². The Hall–Kier alpha value is -2.24. The van der Waals surface area contributed by atoms with E-state index in [1.165, 1.54) is 11.3 Å². The van der Waals surface area contributed by atoms with Gasteiger partial charge in [-0.25, -0.2) is 13.4 Å². The lowest BCUT2D eigenvalue weighted by molar-refractivity contribution is -0.137. The molecule has 6 nitrogen and oxygen atoms in total. The number of thiazole rings is 1. The maximum atomic E-state index is 13.5. The van der Waals surface area contributed by atoms with E-state index in [1.807, 2.05) is 0 Å². The quantitative estimate of drug-likeness (QED) is 0.691. The molecule has 0 aliphatic carbocycles. The molecule has 1 aromatic carbocycles. The summed E-state index contributed by atoms with van der Waals surface area (Å²) in [6, 6.07) is 3.16. The number of halogens is 3. The number of carbonyl (C=O) groups excluding carboxylic acids is 1. The van der Waals surface area contributed by atoms with Crippen LogP contribution in [0.2, 0.25) is 0 Å². The molecule has 11 heteroatoms. The van der Waals surface area contributed by atoms with Gasteiger partial charge in [-0.2, -0.15) is 13.2 Å². The minimum Gasteiger partial charge on any atom is -0.381 e. The number of nitrogens with zero attached hydrogens (tertiary/aromatic N) is 1. The maximum Gasteiger partial charge on any atom is 0.416 e. The second kappa shape index (κ2) is 8.36. The number of hydrogen-bond acceptors (Lipinski definition) is 6. The Morgan fingerprint density at radius 3 is 2.29 bits per heavy atom. The second-order valence-corrected chi connectivity index (χ2v) is 10.6. The van der Waals surface area contributed by atoms with Crippen LogP contribution in [-0.4, -0.2) is 37.3 Å². The number of allylic oxidation sites excluding steroid dienone is 1. The molecule has 1 N–H and O–H groups in total. The number of sulfone groups is 1. The number of anilines is 1. The molecule has 0 saturated carbocycles. The first kappa shape index (κ1) is 23.4. The molecule has 168 valence electrons. The molecule has 0 atom stereocenters. The van der Waals surface area contributed by atoms with Gasteiger partial charge in [-0.15, -0.1) is 0 Å². The van der Waals surface area contributed by atoms with E-state index in [9.17, 15) is 26.4 Å². The molecular formula is C20H21F3N2O4S2. The van der Waals surface area contributed by atoms with Gasteiger partial charge in [0, 0.05) is 13.2 Å². The van der Waals surface area contributed by atoms with E-state index >= 15 is 0 Å². The highest BCUT2D eigenvalue weighted by Gasteiger charge is 2.52. The highest BCUT2D eigenvalue weighted by Crippen LogP contribution is 2.38. The van der Waals surface area contributed by atoms with Gasteiger partial charge in [0.2, 0.25) is 5.91 Å². The van der Waals surface area contributed by atoms with Crippen molar-refractivity contribution in [3.63, 3.8) is 0 Å². The fourth-order valence-electron chi connectivity index (χ4n) is 3.42. The zero-order valence-electron chi connectivity index (χ0n) is 16.9. The van der Waals surface area contributed by atoms with E-state index in [2.05, 4.69) is 16.9 Å². The molecule has 3 rings (SSSR count). The minimum atomic E-state index is -4.60. The molecule has 1 amide bonds. The van der Waals surface area contributed by atoms with Crippen LogP contribution in [0, 0.1) is 6.92 Å². The molecule has 2 heterocycles. The van der Waals surface area contributed by atoms with Gasteiger partial charge in [0.15, 0.2) is 19.7 Å². The SMILES string of the molecule is C=C(C)c1sc(NC(=O)C2(S(=O)(=O)c3ccc(C(F)(F)F)cc3)CCOCC2)nc1C. The van der Waals surface area contributed by atoms with Gasteiger partial charge in [0.25, 0.3) is 0 Å². The van der Waals surface area contributed by atoms with E-state index in [1.54, 1.807) is 13.8 Å². The predicted molar refractivity (Wildman–Crippen MR) is 112 cm³/mol. The smallest absolute Gasteiger partial charge is 0.381 e. The number of hydrogen-bond donors (Lipinski definition) is 1. The molecule has 1 fully saturated rings. The number of amides is 1. The third-order valence-electron chi connectivity index (χ3n) is 5.13.